The molecule has 2 aromatic rings. The molecule has 2 atom stereocenters. The molecule has 2 saturated heterocycles. The van der Waals surface area contributed by atoms with Gasteiger partial charge in [0, 0.05) is 26.2 Å². The molecule has 4 rings (SSSR count). The highest BCUT2D eigenvalue weighted by Crippen LogP contribution is 2.27. The van der Waals surface area contributed by atoms with Crippen LogP contribution in [0.2, 0.25) is 0 Å². The summed E-state index contributed by atoms with van der Waals surface area (Å²) in [5.74, 6) is 0.726. The Balaban J connectivity index is 1.47. The molecule has 0 saturated carbocycles. The number of aryl methyl sites for hydroxylation is 1. The third-order valence-corrected chi connectivity index (χ3v) is 4.77. The number of benzene rings is 1. The SMILES string of the molecule is Cc1ccc(N2CCO[C@H]3CN(Cc4ccc(F)cc4)C[C@H]32)nn1. The van der Waals surface area contributed by atoms with Gasteiger partial charge in [-0.1, -0.05) is 12.1 Å². The van der Waals surface area contributed by atoms with Crippen molar-refractivity contribution in [3.05, 3.63) is 53.5 Å². The lowest BCUT2D eigenvalue weighted by atomic mass is 10.1. The van der Waals surface area contributed by atoms with Crippen LogP contribution in [0.25, 0.3) is 0 Å². The molecule has 0 amide bonds. The lowest BCUT2D eigenvalue weighted by Crippen LogP contribution is -2.51. The van der Waals surface area contributed by atoms with Gasteiger partial charge in [-0.3, -0.25) is 4.90 Å². The van der Waals surface area contributed by atoms with Crippen molar-refractivity contribution in [2.24, 2.45) is 0 Å². The van der Waals surface area contributed by atoms with Crippen molar-refractivity contribution in [2.45, 2.75) is 25.6 Å². The average Bonchev–Trinajstić information content (AvgIpc) is 3.00. The van der Waals surface area contributed by atoms with Crippen LogP contribution >= 0.6 is 0 Å². The Bertz CT molecular complexity index is 691. The zero-order valence-electron chi connectivity index (χ0n) is 13.7. The number of halogens is 1. The Labute approximate surface area is 141 Å². The van der Waals surface area contributed by atoms with Crippen LogP contribution in [0.5, 0.6) is 0 Å². The first-order valence-electron chi connectivity index (χ1n) is 8.34. The van der Waals surface area contributed by atoms with Gasteiger partial charge < -0.3 is 9.64 Å². The molecule has 2 fully saturated rings. The van der Waals surface area contributed by atoms with Gasteiger partial charge in [0.2, 0.25) is 0 Å². The predicted octanol–water partition coefficient (Wildman–Crippen LogP) is 2.01. The number of aromatic nitrogens is 2. The van der Waals surface area contributed by atoms with E-state index in [1.807, 2.05) is 31.2 Å². The first-order chi connectivity index (χ1) is 11.7. The number of hydrogen-bond acceptors (Lipinski definition) is 5. The van der Waals surface area contributed by atoms with Gasteiger partial charge >= 0.3 is 0 Å². The smallest absolute Gasteiger partial charge is 0.151 e. The van der Waals surface area contributed by atoms with Crippen LogP contribution in [0.1, 0.15) is 11.3 Å². The van der Waals surface area contributed by atoms with Crippen molar-refractivity contribution in [3.63, 3.8) is 0 Å². The van der Waals surface area contributed by atoms with E-state index in [0.717, 1.165) is 43.3 Å². The summed E-state index contributed by atoms with van der Waals surface area (Å²) in [7, 11) is 0. The highest BCUT2D eigenvalue weighted by atomic mass is 19.1. The van der Waals surface area contributed by atoms with Gasteiger partial charge in [-0.05, 0) is 36.8 Å². The molecule has 0 aliphatic carbocycles. The summed E-state index contributed by atoms with van der Waals surface area (Å²) in [6.45, 7) is 6.10. The Hall–Kier alpha value is -2.05. The second kappa shape index (κ2) is 6.45. The minimum Gasteiger partial charge on any atom is -0.373 e. The number of nitrogens with zero attached hydrogens (tertiary/aromatic N) is 4. The monoisotopic (exact) mass is 328 g/mol. The number of rotatable bonds is 3. The van der Waals surface area contributed by atoms with Crippen LogP contribution < -0.4 is 4.90 Å². The second-order valence-corrected chi connectivity index (χ2v) is 6.52. The lowest BCUT2D eigenvalue weighted by Gasteiger charge is -2.37. The first kappa shape index (κ1) is 15.5. The van der Waals surface area contributed by atoms with Crippen molar-refractivity contribution in [1.29, 1.82) is 0 Å². The molecule has 3 heterocycles. The summed E-state index contributed by atoms with van der Waals surface area (Å²) in [4.78, 5) is 4.67. The van der Waals surface area contributed by atoms with Gasteiger partial charge in [0.05, 0.1) is 24.4 Å². The van der Waals surface area contributed by atoms with E-state index in [0.29, 0.717) is 6.61 Å². The van der Waals surface area contributed by atoms with Crippen LogP contribution in [0, 0.1) is 12.7 Å². The maximum Gasteiger partial charge on any atom is 0.151 e. The lowest BCUT2D eigenvalue weighted by molar-refractivity contribution is 0.0303. The van der Waals surface area contributed by atoms with Crippen molar-refractivity contribution in [1.82, 2.24) is 15.1 Å². The Morgan fingerprint density at radius 1 is 1.12 bits per heavy atom. The van der Waals surface area contributed by atoms with E-state index < -0.39 is 0 Å². The van der Waals surface area contributed by atoms with Gasteiger partial charge in [0.1, 0.15) is 5.82 Å². The van der Waals surface area contributed by atoms with E-state index in [1.165, 1.54) is 12.1 Å². The first-order valence-corrected chi connectivity index (χ1v) is 8.34. The number of anilines is 1. The summed E-state index contributed by atoms with van der Waals surface area (Å²) in [5, 5.41) is 8.52. The molecule has 0 spiro atoms. The standard InChI is InChI=1S/C18H21FN4O/c1-13-2-7-18(21-20-13)23-8-9-24-17-12-22(11-16(17)23)10-14-3-5-15(19)6-4-14/h2-7,16-17H,8-12H2,1H3/t16-,17+/m1/s1. The Kier molecular flexibility index (Phi) is 4.16. The molecular formula is C18H21FN4O. The van der Waals surface area contributed by atoms with Crippen LogP contribution in [0.4, 0.5) is 10.2 Å². The fourth-order valence-corrected chi connectivity index (χ4v) is 3.57. The third kappa shape index (κ3) is 3.12. The van der Waals surface area contributed by atoms with E-state index in [1.54, 1.807) is 0 Å². The molecule has 2 aliphatic rings. The van der Waals surface area contributed by atoms with Crippen molar-refractivity contribution in [2.75, 3.05) is 31.1 Å². The van der Waals surface area contributed by atoms with E-state index in [2.05, 4.69) is 20.0 Å². The summed E-state index contributed by atoms with van der Waals surface area (Å²) >= 11 is 0. The molecule has 1 aromatic carbocycles. The second-order valence-electron chi connectivity index (χ2n) is 6.52. The average molecular weight is 328 g/mol. The summed E-state index contributed by atoms with van der Waals surface area (Å²) in [6.07, 6.45) is 0.183. The van der Waals surface area contributed by atoms with Crippen molar-refractivity contribution < 1.29 is 9.13 Å². The molecule has 5 nitrogen and oxygen atoms in total. The molecule has 0 bridgehead atoms. The van der Waals surface area contributed by atoms with Crippen LogP contribution in [-0.2, 0) is 11.3 Å². The fourth-order valence-electron chi connectivity index (χ4n) is 3.57. The molecule has 0 radical (unpaired) electrons. The van der Waals surface area contributed by atoms with Gasteiger partial charge in [-0.2, -0.15) is 5.10 Å². The van der Waals surface area contributed by atoms with E-state index >= 15 is 0 Å². The molecular weight excluding hydrogens is 307 g/mol. The van der Waals surface area contributed by atoms with Gasteiger partial charge in [0.25, 0.3) is 0 Å². The maximum atomic E-state index is 13.1. The van der Waals surface area contributed by atoms with E-state index in [9.17, 15) is 4.39 Å². The molecule has 0 unspecified atom stereocenters. The summed E-state index contributed by atoms with van der Waals surface area (Å²) in [5.41, 5.74) is 2.05. The largest absolute Gasteiger partial charge is 0.373 e. The number of ether oxygens (including phenoxy) is 1. The summed E-state index contributed by atoms with van der Waals surface area (Å²) in [6, 6.07) is 11.1. The van der Waals surface area contributed by atoms with E-state index in [4.69, 9.17) is 4.74 Å². The molecule has 0 N–H and O–H groups in total. The number of fused-ring (bicyclic) bond motifs is 1. The molecule has 2 aliphatic heterocycles. The summed E-state index contributed by atoms with van der Waals surface area (Å²) < 4.78 is 19.0. The normalized spacial score (nSPS) is 24.2. The topological polar surface area (TPSA) is 41.5 Å². The number of morpholine rings is 1. The quantitative estimate of drug-likeness (QED) is 0.862. The minimum absolute atomic E-state index is 0.183. The van der Waals surface area contributed by atoms with Gasteiger partial charge in [-0.15, -0.1) is 5.10 Å². The minimum atomic E-state index is -0.193. The van der Waals surface area contributed by atoms with Crippen LogP contribution in [0.15, 0.2) is 36.4 Å². The Morgan fingerprint density at radius 2 is 1.96 bits per heavy atom. The molecule has 6 heteroatoms. The van der Waals surface area contributed by atoms with Crippen LogP contribution in [-0.4, -0.2) is 53.5 Å². The zero-order chi connectivity index (χ0) is 16.5. The number of hydrogen-bond donors (Lipinski definition) is 0. The molecule has 1 aromatic heterocycles. The third-order valence-electron chi connectivity index (χ3n) is 4.77. The van der Waals surface area contributed by atoms with E-state index in [-0.39, 0.29) is 18.0 Å². The van der Waals surface area contributed by atoms with Crippen molar-refractivity contribution >= 4 is 5.82 Å². The predicted molar refractivity (Wildman–Crippen MR) is 89.3 cm³/mol. The molecule has 24 heavy (non-hydrogen) atoms. The van der Waals surface area contributed by atoms with Gasteiger partial charge in [-0.25, -0.2) is 4.39 Å². The zero-order valence-corrected chi connectivity index (χ0v) is 13.7. The fraction of sp³-hybridized carbons (Fsp3) is 0.444. The van der Waals surface area contributed by atoms with Crippen LogP contribution in [0.3, 0.4) is 0 Å². The molecule has 126 valence electrons. The van der Waals surface area contributed by atoms with Crippen molar-refractivity contribution in [3.8, 4) is 0 Å². The highest BCUT2D eigenvalue weighted by Gasteiger charge is 2.40. The van der Waals surface area contributed by atoms with Gasteiger partial charge in [0.15, 0.2) is 5.82 Å². The maximum absolute atomic E-state index is 13.1. The number of likely N-dealkylation sites (tertiary alicyclic amines) is 1. The highest BCUT2D eigenvalue weighted by molar-refractivity contribution is 5.40. The Morgan fingerprint density at radius 3 is 2.71 bits per heavy atom.